The van der Waals surface area contributed by atoms with Gasteiger partial charge in [0.25, 0.3) is 0 Å². The molecule has 0 radical (unpaired) electrons. The number of ketones is 1. The van der Waals surface area contributed by atoms with Crippen LogP contribution in [0.3, 0.4) is 0 Å². The van der Waals surface area contributed by atoms with Crippen molar-refractivity contribution in [1.82, 2.24) is 19.3 Å². The molecule has 32 heavy (non-hydrogen) atoms. The Labute approximate surface area is 184 Å². The molecular formula is C22H20FN5O3S. The fourth-order valence-corrected chi connectivity index (χ4v) is 4.13. The summed E-state index contributed by atoms with van der Waals surface area (Å²) in [7, 11) is -2.57. The third-order valence-electron chi connectivity index (χ3n) is 5.11. The molecule has 0 spiro atoms. The summed E-state index contributed by atoms with van der Waals surface area (Å²) in [6.07, 6.45) is 6.46. The number of H-pyrrole nitrogens is 1. The lowest BCUT2D eigenvalue weighted by atomic mass is 10.0. The highest BCUT2D eigenvalue weighted by atomic mass is 32.2. The molecule has 0 saturated carbocycles. The Balaban J connectivity index is 1.74. The largest absolute Gasteiger partial charge is 0.345 e. The number of fused-ring (bicyclic) bond motifs is 1. The smallest absolute Gasteiger partial charge is 0.301 e. The van der Waals surface area contributed by atoms with Crippen molar-refractivity contribution >= 4 is 32.7 Å². The van der Waals surface area contributed by atoms with Gasteiger partial charge in [0.15, 0.2) is 11.6 Å². The Hall–Kier alpha value is -3.63. The summed E-state index contributed by atoms with van der Waals surface area (Å²) in [4.78, 5) is 24.6. The number of hydrogen-bond acceptors (Lipinski definition) is 5. The highest BCUT2D eigenvalue weighted by molar-refractivity contribution is 7.90. The van der Waals surface area contributed by atoms with Crippen LogP contribution in [0, 0.1) is 5.82 Å². The molecule has 0 amide bonds. The molecule has 10 heteroatoms. The van der Waals surface area contributed by atoms with Crippen molar-refractivity contribution in [3.05, 3.63) is 78.1 Å². The van der Waals surface area contributed by atoms with Gasteiger partial charge in [-0.3, -0.25) is 14.5 Å². The highest BCUT2D eigenvalue weighted by Gasteiger charge is 2.23. The summed E-state index contributed by atoms with van der Waals surface area (Å²) in [5.74, 6) is -1.54. The average Bonchev–Trinajstić information content (AvgIpc) is 3.23. The molecule has 8 nitrogen and oxygen atoms in total. The van der Waals surface area contributed by atoms with Gasteiger partial charge in [-0.1, -0.05) is 19.1 Å². The number of pyridine rings is 2. The molecule has 2 N–H and O–H groups in total. The van der Waals surface area contributed by atoms with Crippen LogP contribution in [0.25, 0.3) is 22.2 Å². The number of nitrogens with zero attached hydrogens (tertiary/aromatic N) is 3. The number of hydrogen-bond donors (Lipinski definition) is 2. The number of anilines is 1. The van der Waals surface area contributed by atoms with Crippen molar-refractivity contribution in [2.75, 3.05) is 18.3 Å². The van der Waals surface area contributed by atoms with Gasteiger partial charge in [-0.05, 0) is 24.3 Å². The van der Waals surface area contributed by atoms with Crippen molar-refractivity contribution in [2.24, 2.45) is 0 Å². The molecule has 0 aliphatic heterocycles. The van der Waals surface area contributed by atoms with E-state index in [1.807, 2.05) is 6.07 Å². The monoisotopic (exact) mass is 453 g/mol. The Kier molecular flexibility index (Phi) is 5.72. The molecule has 0 aliphatic carbocycles. The van der Waals surface area contributed by atoms with Gasteiger partial charge in [0, 0.05) is 60.5 Å². The molecule has 4 rings (SSSR count). The lowest BCUT2D eigenvalue weighted by Crippen LogP contribution is -2.32. The molecule has 3 heterocycles. The van der Waals surface area contributed by atoms with Crippen molar-refractivity contribution in [2.45, 2.75) is 6.92 Å². The first kappa shape index (κ1) is 21.6. The van der Waals surface area contributed by atoms with E-state index in [4.69, 9.17) is 0 Å². The van der Waals surface area contributed by atoms with Gasteiger partial charge in [-0.15, -0.1) is 0 Å². The Morgan fingerprint density at radius 1 is 1.16 bits per heavy atom. The van der Waals surface area contributed by atoms with Crippen molar-refractivity contribution in [1.29, 1.82) is 0 Å². The summed E-state index contributed by atoms with van der Waals surface area (Å²) in [6.45, 7) is 1.86. The Morgan fingerprint density at radius 2 is 1.97 bits per heavy atom. The predicted molar refractivity (Wildman–Crippen MR) is 120 cm³/mol. The van der Waals surface area contributed by atoms with Crippen LogP contribution in [0.15, 0.2) is 61.2 Å². The molecule has 4 aromatic rings. The minimum atomic E-state index is -3.94. The first-order chi connectivity index (χ1) is 15.3. The van der Waals surface area contributed by atoms with E-state index < -0.39 is 21.8 Å². The molecule has 0 saturated heterocycles. The predicted octanol–water partition coefficient (Wildman–Crippen LogP) is 3.60. The van der Waals surface area contributed by atoms with E-state index in [0.29, 0.717) is 11.0 Å². The van der Waals surface area contributed by atoms with Gasteiger partial charge in [0.2, 0.25) is 0 Å². The zero-order valence-electron chi connectivity index (χ0n) is 17.3. The second-order valence-electron chi connectivity index (χ2n) is 7.08. The molecule has 0 aliphatic rings. The van der Waals surface area contributed by atoms with Crippen LogP contribution < -0.4 is 4.72 Å². The van der Waals surface area contributed by atoms with Crippen LogP contribution in [-0.2, 0) is 10.2 Å². The van der Waals surface area contributed by atoms with Gasteiger partial charge >= 0.3 is 10.2 Å². The SMILES string of the molecule is CCN(C)S(=O)(=O)Nc1cccc(C(=O)c2c[nH]c3ncc(-c4cccnc4)cc23)c1F. The maximum absolute atomic E-state index is 15.2. The van der Waals surface area contributed by atoms with Crippen molar-refractivity contribution in [3.63, 3.8) is 0 Å². The molecule has 0 fully saturated rings. The normalized spacial score (nSPS) is 11.8. The molecule has 0 unspecified atom stereocenters. The highest BCUT2D eigenvalue weighted by Crippen LogP contribution is 2.28. The van der Waals surface area contributed by atoms with Gasteiger partial charge in [0.05, 0.1) is 11.3 Å². The third-order valence-corrected chi connectivity index (χ3v) is 6.67. The van der Waals surface area contributed by atoms with Crippen LogP contribution in [0.2, 0.25) is 0 Å². The number of aromatic amines is 1. The van der Waals surface area contributed by atoms with Gasteiger partial charge < -0.3 is 4.98 Å². The number of aromatic nitrogens is 3. The molecule has 164 valence electrons. The van der Waals surface area contributed by atoms with Crippen molar-refractivity contribution in [3.8, 4) is 11.1 Å². The topological polar surface area (TPSA) is 108 Å². The molecule has 1 aromatic carbocycles. The molecule has 3 aromatic heterocycles. The van der Waals surface area contributed by atoms with E-state index in [-0.39, 0.29) is 23.4 Å². The summed E-state index contributed by atoms with van der Waals surface area (Å²) in [5, 5.41) is 0.521. The second kappa shape index (κ2) is 8.48. The van der Waals surface area contributed by atoms with E-state index in [9.17, 15) is 13.2 Å². The second-order valence-corrected chi connectivity index (χ2v) is 8.86. The number of rotatable bonds is 7. The van der Waals surface area contributed by atoms with E-state index in [1.54, 1.807) is 37.6 Å². The molecular weight excluding hydrogens is 433 g/mol. The summed E-state index contributed by atoms with van der Waals surface area (Å²) in [5.41, 5.74) is 1.72. The number of benzene rings is 1. The van der Waals surface area contributed by atoms with Gasteiger partial charge in [0.1, 0.15) is 5.65 Å². The maximum atomic E-state index is 15.2. The number of halogens is 1. The quantitative estimate of drug-likeness (QED) is 0.416. The van der Waals surface area contributed by atoms with Gasteiger partial charge in [-0.2, -0.15) is 12.7 Å². The molecule has 0 bridgehead atoms. The summed E-state index contributed by atoms with van der Waals surface area (Å²) in [6, 6.07) is 9.45. The van der Waals surface area contributed by atoms with Crippen molar-refractivity contribution < 1.29 is 17.6 Å². The number of nitrogens with one attached hydrogen (secondary N) is 2. The first-order valence-electron chi connectivity index (χ1n) is 9.76. The minimum absolute atomic E-state index is 0.206. The van der Waals surface area contributed by atoms with Gasteiger partial charge in [-0.25, -0.2) is 9.37 Å². The minimum Gasteiger partial charge on any atom is -0.345 e. The van der Waals surface area contributed by atoms with Crippen LogP contribution >= 0.6 is 0 Å². The number of carbonyl (C=O) groups excluding carboxylic acids is 1. The van der Waals surface area contributed by atoms with Crippen LogP contribution in [0.1, 0.15) is 22.8 Å². The third kappa shape index (κ3) is 3.97. The summed E-state index contributed by atoms with van der Waals surface area (Å²) >= 11 is 0. The van der Waals surface area contributed by atoms with Crippen LogP contribution in [0.4, 0.5) is 10.1 Å². The van der Waals surface area contributed by atoms with Crippen LogP contribution in [0.5, 0.6) is 0 Å². The van der Waals surface area contributed by atoms with E-state index >= 15 is 4.39 Å². The Morgan fingerprint density at radius 3 is 2.69 bits per heavy atom. The zero-order valence-corrected chi connectivity index (χ0v) is 18.1. The number of carbonyl (C=O) groups is 1. The Bertz CT molecular complexity index is 1400. The lowest BCUT2D eigenvalue weighted by Gasteiger charge is -2.17. The summed E-state index contributed by atoms with van der Waals surface area (Å²) < 4.78 is 42.9. The van der Waals surface area contributed by atoms with E-state index in [0.717, 1.165) is 15.4 Å². The lowest BCUT2D eigenvalue weighted by molar-refractivity contribution is 0.103. The standard InChI is InChI=1S/C22H20FN5O3S/c1-3-28(2)32(30,31)27-19-8-4-7-16(20(19)23)21(29)18-13-26-22-17(18)10-15(12-25-22)14-6-5-9-24-11-14/h4-13,27H,3H2,1-2H3,(H,25,26). The maximum Gasteiger partial charge on any atom is 0.301 e. The first-order valence-corrected chi connectivity index (χ1v) is 11.2. The molecule has 0 atom stereocenters. The van der Waals surface area contributed by atoms with E-state index in [1.165, 1.54) is 31.4 Å². The van der Waals surface area contributed by atoms with E-state index in [2.05, 4.69) is 19.7 Å². The average molecular weight is 453 g/mol. The fourth-order valence-electron chi connectivity index (χ4n) is 3.20. The van der Waals surface area contributed by atoms with Crippen LogP contribution in [-0.4, -0.2) is 47.1 Å². The fraction of sp³-hybridized carbons (Fsp3) is 0.136. The zero-order chi connectivity index (χ0) is 22.9.